The van der Waals surface area contributed by atoms with Crippen LogP contribution in [-0.2, 0) is 4.79 Å². The van der Waals surface area contributed by atoms with Gasteiger partial charge in [0.15, 0.2) is 0 Å². The molecule has 2 atom stereocenters. The molecule has 1 fully saturated rings. The summed E-state index contributed by atoms with van der Waals surface area (Å²) in [4.78, 5) is 18.2. The lowest BCUT2D eigenvalue weighted by Crippen LogP contribution is -2.56. The van der Waals surface area contributed by atoms with Gasteiger partial charge in [0.1, 0.15) is 16.3 Å². The minimum atomic E-state index is -0.726. The molecule has 3 nitrogen and oxygen atoms in total. The van der Waals surface area contributed by atoms with Gasteiger partial charge in [-0.2, -0.15) is 0 Å². The van der Waals surface area contributed by atoms with E-state index in [0.29, 0.717) is 16.4 Å². The van der Waals surface area contributed by atoms with Crippen molar-refractivity contribution in [1.82, 2.24) is 4.98 Å². The molecule has 1 amide bonds. The number of carbonyl (C=O) groups is 1. The summed E-state index contributed by atoms with van der Waals surface area (Å²) in [6.07, 6.45) is 0. The molecule has 0 radical (unpaired) electrons. The maximum absolute atomic E-state index is 13.1. The molecular weight excluding hydrogens is 350 g/mol. The predicted octanol–water partition coefficient (Wildman–Crippen LogP) is 4.72. The van der Waals surface area contributed by atoms with E-state index < -0.39 is 11.4 Å². The van der Waals surface area contributed by atoms with Crippen LogP contribution in [0.25, 0.3) is 10.9 Å². The number of halogens is 3. The molecule has 1 saturated heterocycles. The Kier molecular flexibility index (Phi) is 3.66. The first-order chi connectivity index (χ1) is 11.6. The SMILES string of the molecule is O=C1C(Cl)C(c2cc3ccccc3nc2Cl)N1c1ccc(F)cc1. The largest absolute Gasteiger partial charge is 0.301 e. The summed E-state index contributed by atoms with van der Waals surface area (Å²) in [5.74, 6) is -0.603. The molecule has 0 bridgehead atoms. The van der Waals surface area contributed by atoms with E-state index in [1.54, 1.807) is 12.1 Å². The number of aromatic nitrogens is 1. The number of pyridine rings is 1. The molecule has 1 aliphatic heterocycles. The van der Waals surface area contributed by atoms with Crippen LogP contribution in [0.15, 0.2) is 54.6 Å². The van der Waals surface area contributed by atoms with Crippen LogP contribution in [0.2, 0.25) is 5.15 Å². The summed E-state index contributed by atoms with van der Waals surface area (Å²) in [5, 5.41) is 0.499. The zero-order chi connectivity index (χ0) is 16.8. The van der Waals surface area contributed by atoms with E-state index in [1.165, 1.54) is 17.0 Å². The average Bonchev–Trinajstić information content (AvgIpc) is 2.60. The molecule has 6 heteroatoms. The molecule has 24 heavy (non-hydrogen) atoms. The quantitative estimate of drug-likeness (QED) is 0.376. The number of hydrogen-bond donors (Lipinski definition) is 0. The number of carbonyl (C=O) groups excluding carboxylic acids is 1. The first-order valence-electron chi connectivity index (χ1n) is 7.34. The Labute approximate surface area is 147 Å². The van der Waals surface area contributed by atoms with Gasteiger partial charge in [0.2, 0.25) is 5.91 Å². The van der Waals surface area contributed by atoms with Crippen LogP contribution < -0.4 is 4.90 Å². The summed E-state index contributed by atoms with van der Waals surface area (Å²) in [5.41, 5.74) is 2.03. The lowest BCUT2D eigenvalue weighted by Gasteiger charge is -2.44. The summed E-state index contributed by atoms with van der Waals surface area (Å²) < 4.78 is 13.1. The van der Waals surface area contributed by atoms with Gasteiger partial charge in [-0.25, -0.2) is 9.37 Å². The van der Waals surface area contributed by atoms with Crippen LogP contribution in [0.4, 0.5) is 10.1 Å². The van der Waals surface area contributed by atoms with Crippen LogP contribution in [0.3, 0.4) is 0 Å². The second-order valence-corrected chi connectivity index (χ2v) is 6.42. The summed E-state index contributed by atoms with van der Waals surface area (Å²) in [7, 11) is 0. The van der Waals surface area contributed by atoms with Gasteiger partial charge in [-0.1, -0.05) is 29.8 Å². The fourth-order valence-corrected chi connectivity index (χ4v) is 3.57. The van der Waals surface area contributed by atoms with Gasteiger partial charge < -0.3 is 4.90 Å². The normalized spacial score (nSPS) is 20.3. The minimum Gasteiger partial charge on any atom is -0.301 e. The lowest BCUT2D eigenvalue weighted by molar-refractivity contribution is -0.123. The maximum atomic E-state index is 13.1. The molecule has 1 aromatic heterocycles. The highest BCUT2D eigenvalue weighted by molar-refractivity contribution is 6.38. The van der Waals surface area contributed by atoms with E-state index in [0.717, 1.165) is 10.9 Å². The fraction of sp³-hybridized carbons (Fsp3) is 0.111. The number of fused-ring (bicyclic) bond motifs is 1. The van der Waals surface area contributed by atoms with Crippen molar-refractivity contribution < 1.29 is 9.18 Å². The molecular formula is C18H11Cl2FN2O. The molecule has 1 aliphatic rings. The highest BCUT2D eigenvalue weighted by atomic mass is 35.5. The van der Waals surface area contributed by atoms with Crippen LogP contribution in [-0.4, -0.2) is 16.3 Å². The van der Waals surface area contributed by atoms with Gasteiger partial charge in [0.05, 0.1) is 11.6 Å². The third-order valence-corrected chi connectivity index (χ3v) is 4.88. The fourth-order valence-electron chi connectivity index (χ4n) is 2.96. The Bertz CT molecular complexity index is 945. The highest BCUT2D eigenvalue weighted by Gasteiger charge is 2.49. The van der Waals surface area contributed by atoms with Crippen molar-refractivity contribution >= 4 is 45.7 Å². The number of rotatable bonds is 2. The van der Waals surface area contributed by atoms with E-state index in [-0.39, 0.29) is 11.7 Å². The van der Waals surface area contributed by atoms with E-state index in [9.17, 15) is 9.18 Å². The molecule has 4 rings (SSSR count). The van der Waals surface area contributed by atoms with Gasteiger partial charge in [0.25, 0.3) is 0 Å². The number of hydrogen-bond acceptors (Lipinski definition) is 2. The standard InChI is InChI=1S/C18H11Cl2FN2O/c19-15-16(23(18(15)24)12-7-5-11(21)6-8-12)13-9-10-3-1-2-4-14(10)22-17(13)20/h1-9,15-16H. The second kappa shape index (κ2) is 5.72. The Balaban J connectivity index is 1.80. The molecule has 0 N–H and O–H groups in total. The van der Waals surface area contributed by atoms with Gasteiger partial charge in [-0.05, 0) is 36.4 Å². The van der Waals surface area contributed by atoms with Crippen molar-refractivity contribution in [1.29, 1.82) is 0 Å². The third kappa shape index (κ3) is 2.34. The maximum Gasteiger partial charge on any atom is 0.248 e. The Morgan fingerprint density at radius 3 is 2.54 bits per heavy atom. The zero-order valence-electron chi connectivity index (χ0n) is 12.3. The predicted molar refractivity (Wildman–Crippen MR) is 93.0 cm³/mol. The molecule has 2 aromatic carbocycles. The number of para-hydroxylation sites is 1. The molecule has 0 spiro atoms. The Morgan fingerprint density at radius 2 is 1.79 bits per heavy atom. The molecule has 0 aliphatic carbocycles. The van der Waals surface area contributed by atoms with Crippen molar-refractivity contribution in [3.8, 4) is 0 Å². The van der Waals surface area contributed by atoms with Gasteiger partial charge in [-0.3, -0.25) is 4.79 Å². The van der Waals surface area contributed by atoms with E-state index in [2.05, 4.69) is 4.98 Å². The van der Waals surface area contributed by atoms with E-state index in [1.807, 2.05) is 30.3 Å². The zero-order valence-corrected chi connectivity index (χ0v) is 13.8. The molecule has 3 aromatic rings. The van der Waals surface area contributed by atoms with Crippen molar-refractivity contribution in [3.05, 3.63) is 71.1 Å². The smallest absolute Gasteiger partial charge is 0.248 e. The van der Waals surface area contributed by atoms with Crippen molar-refractivity contribution in [2.45, 2.75) is 11.4 Å². The lowest BCUT2D eigenvalue weighted by atomic mass is 9.92. The number of β-lactam (4-membered cyclic amide) rings is 1. The monoisotopic (exact) mass is 360 g/mol. The van der Waals surface area contributed by atoms with Crippen LogP contribution in [0, 0.1) is 5.82 Å². The summed E-state index contributed by atoms with van der Waals surface area (Å²) in [6.45, 7) is 0. The summed E-state index contributed by atoms with van der Waals surface area (Å²) in [6, 6.07) is 14.7. The molecule has 120 valence electrons. The molecule has 0 saturated carbocycles. The first-order valence-corrected chi connectivity index (χ1v) is 8.15. The number of amides is 1. The highest BCUT2D eigenvalue weighted by Crippen LogP contribution is 2.44. The number of alkyl halides is 1. The topological polar surface area (TPSA) is 33.2 Å². The van der Waals surface area contributed by atoms with Crippen molar-refractivity contribution in [2.24, 2.45) is 0 Å². The number of benzene rings is 2. The van der Waals surface area contributed by atoms with Crippen LogP contribution in [0.1, 0.15) is 11.6 Å². The Morgan fingerprint density at radius 1 is 1.08 bits per heavy atom. The van der Waals surface area contributed by atoms with Crippen molar-refractivity contribution in [3.63, 3.8) is 0 Å². The third-order valence-electron chi connectivity index (χ3n) is 4.16. The van der Waals surface area contributed by atoms with Crippen LogP contribution >= 0.6 is 23.2 Å². The number of anilines is 1. The van der Waals surface area contributed by atoms with Crippen LogP contribution in [0.5, 0.6) is 0 Å². The van der Waals surface area contributed by atoms with Gasteiger partial charge >= 0.3 is 0 Å². The van der Waals surface area contributed by atoms with E-state index >= 15 is 0 Å². The van der Waals surface area contributed by atoms with Gasteiger partial charge in [-0.15, -0.1) is 11.6 Å². The second-order valence-electron chi connectivity index (χ2n) is 5.59. The summed E-state index contributed by atoms with van der Waals surface area (Å²) >= 11 is 12.6. The molecule has 2 unspecified atom stereocenters. The number of nitrogens with zero attached hydrogens (tertiary/aromatic N) is 2. The van der Waals surface area contributed by atoms with E-state index in [4.69, 9.17) is 23.2 Å². The first kappa shape index (κ1) is 15.4. The minimum absolute atomic E-state index is 0.238. The van der Waals surface area contributed by atoms with Gasteiger partial charge in [0, 0.05) is 16.6 Å². The average molecular weight is 361 g/mol. The Hall–Kier alpha value is -2.17. The molecule has 2 heterocycles. The van der Waals surface area contributed by atoms with Crippen molar-refractivity contribution in [2.75, 3.05) is 4.90 Å².